The van der Waals surface area contributed by atoms with Crippen LogP contribution in [0.2, 0.25) is 0 Å². The van der Waals surface area contributed by atoms with Gasteiger partial charge in [-0.2, -0.15) is 17.0 Å². The van der Waals surface area contributed by atoms with Crippen molar-refractivity contribution in [3.05, 3.63) is 27.9 Å². The van der Waals surface area contributed by atoms with Crippen LogP contribution in [0.25, 0.3) is 10.2 Å². The van der Waals surface area contributed by atoms with Crippen molar-refractivity contribution in [3.63, 3.8) is 0 Å². The summed E-state index contributed by atoms with van der Waals surface area (Å²) in [6.07, 6.45) is 0.972. The summed E-state index contributed by atoms with van der Waals surface area (Å²) in [6, 6.07) is 5.39. The summed E-state index contributed by atoms with van der Waals surface area (Å²) < 4.78 is 29.3. The summed E-state index contributed by atoms with van der Waals surface area (Å²) in [5, 5.41) is 2.89. The maximum atomic E-state index is 12.5. The maximum absolute atomic E-state index is 12.5. The molecule has 1 fully saturated rings. The topological polar surface area (TPSA) is 91.7 Å². The number of nitrogens with zero attached hydrogens (tertiary/aromatic N) is 3. The fourth-order valence-corrected chi connectivity index (χ4v) is 5.09. The van der Waals surface area contributed by atoms with Crippen LogP contribution in [0.3, 0.4) is 0 Å². The van der Waals surface area contributed by atoms with E-state index in [2.05, 4.69) is 5.32 Å². The number of rotatable bonds is 4. The van der Waals surface area contributed by atoms with Crippen LogP contribution < -0.4 is 10.2 Å². The molecule has 0 bridgehead atoms. The number of fused-ring (bicyclic) bond motifs is 1. The zero-order valence-electron chi connectivity index (χ0n) is 14.9. The highest BCUT2D eigenvalue weighted by Gasteiger charge is 2.32. The van der Waals surface area contributed by atoms with Gasteiger partial charge in [0.1, 0.15) is 0 Å². The van der Waals surface area contributed by atoms with Gasteiger partial charge in [0.25, 0.3) is 10.2 Å². The molecule has 1 aromatic heterocycles. The summed E-state index contributed by atoms with van der Waals surface area (Å²) in [7, 11) is 1.29. The Hall–Kier alpha value is -1.75. The number of carbonyl (C=O) groups excluding carboxylic acids is 1. The third-order valence-corrected chi connectivity index (χ3v) is 7.61. The molecule has 1 aliphatic rings. The number of piperidine rings is 1. The van der Waals surface area contributed by atoms with E-state index in [4.69, 9.17) is 0 Å². The largest absolute Gasteiger partial charge is 0.326 e. The Morgan fingerprint density at radius 3 is 2.54 bits per heavy atom. The number of hydrogen-bond donors (Lipinski definition) is 1. The second-order valence-electron chi connectivity index (χ2n) is 6.56. The number of hydrogen-bond acceptors (Lipinski definition) is 5. The third-order valence-electron chi connectivity index (χ3n) is 4.67. The number of thiazole rings is 1. The van der Waals surface area contributed by atoms with Crippen LogP contribution in [0.1, 0.15) is 12.8 Å². The number of benzene rings is 1. The van der Waals surface area contributed by atoms with Gasteiger partial charge in [0.2, 0.25) is 5.91 Å². The van der Waals surface area contributed by atoms with Crippen molar-refractivity contribution in [2.75, 3.05) is 32.5 Å². The highest BCUT2D eigenvalue weighted by molar-refractivity contribution is 7.86. The summed E-state index contributed by atoms with van der Waals surface area (Å²) in [6.45, 7) is 0.663. The van der Waals surface area contributed by atoms with Crippen LogP contribution in [0.5, 0.6) is 0 Å². The molecule has 8 nitrogen and oxygen atoms in total. The lowest BCUT2D eigenvalue weighted by Gasteiger charge is -2.32. The minimum atomic E-state index is -3.43. The van der Waals surface area contributed by atoms with E-state index in [-0.39, 0.29) is 16.7 Å². The Kier molecular flexibility index (Phi) is 5.20. The predicted octanol–water partition coefficient (Wildman–Crippen LogP) is 1.06. The van der Waals surface area contributed by atoms with Crippen LogP contribution in [0, 0.1) is 5.92 Å². The Morgan fingerprint density at radius 1 is 1.27 bits per heavy atom. The van der Waals surface area contributed by atoms with E-state index in [1.165, 1.54) is 22.7 Å². The van der Waals surface area contributed by atoms with Crippen molar-refractivity contribution >= 4 is 43.4 Å². The van der Waals surface area contributed by atoms with E-state index >= 15 is 0 Å². The van der Waals surface area contributed by atoms with E-state index in [0.29, 0.717) is 31.6 Å². The highest BCUT2D eigenvalue weighted by atomic mass is 32.2. The standard InChI is InChI=1S/C16H22N4O4S2/c1-18(2)26(23,24)20-8-6-11(7-9-20)15(21)17-12-4-5-13-14(10-12)25-16(22)19(13)3/h4-5,10-11H,6-9H2,1-3H3,(H,17,21). The van der Waals surface area contributed by atoms with E-state index in [1.54, 1.807) is 23.7 Å². The maximum Gasteiger partial charge on any atom is 0.307 e. The summed E-state index contributed by atoms with van der Waals surface area (Å²) in [4.78, 5) is 24.2. The molecule has 1 N–H and O–H groups in total. The van der Waals surface area contributed by atoms with Crippen LogP contribution in [0.4, 0.5) is 5.69 Å². The molecule has 1 aromatic carbocycles. The molecule has 3 rings (SSSR count). The van der Waals surface area contributed by atoms with Crippen molar-refractivity contribution in [2.24, 2.45) is 13.0 Å². The molecule has 26 heavy (non-hydrogen) atoms. The quantitative estimate of drug-likeness (QED) is 0.834. The Labute approximate surface area is 156 Å². The van der Waals surface area contributed by atoms with Crippen LogP contribution in [0.15, 0.2) is 23.0 Å². The zero-order chi connectivity index (χ0) is 19.1. The average Bonchev–Trinajstić information content (AvgIpc) is 2.88. The van der Waals surface area contributed by atoms with Gasteiger partial charge in [-0.25, -0.2) is 0 Å². The van der Waals surface area contributed by atoms with E-state index in [9.17, 15) is 18.0 Å². The van der Waals surface area contributed by atoms with Crippen molar-refractivity contribution in [1.29, 1.82) is 0 Å². The van der Waals surface area contributed by atoms with Gasteiger partial charge in [0, 0.05) is 45.8 Å². The molecule has 0 unspecified atom stereocenters. The minimum Gasteiger partial charge on any atom is -0.326 e. The first-order chi connectivity index (χ1) is 12.2. The first kappa shape index (κ1) is 19.0. The van der Waals surface area contributed by atoms with Crippen LogP contribution >= 0.6 is 11.3 Å². The normalized spacial score (nSPS) is 17.1. The van der Waals surface area contributed by atoms with Gasteiger partial charge in [0.05, 0.1) is 10.2 Å². The van der Waals surface area contributed by atoms with Gasteiger partial charge >= 0.3 is 4.87 Å². The average molecular weight is 399 g/mol. The molecule has 1 saturated heterocycles. The third kappa shape index (κ3) is 3.54. The molecule has 2 heterocycles. The van der Waals surface area contributed by atoms with Gasteiger partial charge in [0.15, 0.2) is 0 Å². The van der Waals surface area contributed by atoms with Crippen LogP contribution in [-0.2, 0) is 22.1 Å². The second kappa shape index (κ2) is 7.10. The number of anilines is 1. The number of nitrogens with one attached hydrogen (secondary N) is 1. The molecular weight excluding hydrogens is 376 g/mol. The molecule has 0 radical (unpaired) electrons. The van der Waals surface area contributed by atoms with E-state index < -0.39 is 10.2 Å². The van der Waals surface area contributed by atoms with Gasteiger partial charge in [-0.3, -0.25) is 9.59 Å². The van der Waals surface area contributed by atoms with Crippen molar-refractivity contribution in [1.82, 2.24) is 13.2 Å². The smallest absolute Gasteiger partial charge is 0.307 e. The van der Waals surface area contributed by atoms with Gasteiger partial charge in [-0.15, -0.1) is 0 Å². The summed E-state index contributed by atoms with van der Waals surface area (Å²) in [5.74, 6) is -0.344. The molecule has 1 aliphatic heterocycles. The molecule has 142 valence electrons. The minimum absolute atomic E-state index is 0.0436. The second-order valence-corrected chi connectivity index (χ2v) is 9.70. The summed E-state index contributed by atoms with van der Waals surface area (Å²) >= 11 is 1.14. The van der Waals surface area contributed by atoms with Gasteiger partial charge in [-0.1, -0.05) is 11.3 Å². The molecule has 0 spiro atoms. The van der Waals surface area contributed by atoms with Crippen molar-refractivity contribution < 1.29 is 13.2 Å². The first-order valence-electron chi connectivity index (χ1n) is 8.28. The molecule has 0 saturated carbocycles. The molecule has 2 aromatic rings. The van der Waals surface area contributed by atoms with E-state index in [1.807, 2.05) is 6.07 Å². The Balaban J connectivity index is 1.65. The predicted molar refractivity (Wildman–Crippen MR) is 103 cm³/mol. The monoisotopic (exact) mass is 398 g/mol. The summed E-state index contributed by atoms with van der Waals surface area (Å²) in [5.41, 5.74) is 1.48. The molecule has 10 heteroatoms. The molecule has 0 aliphatic carbocycles. The number of aromatic nitrogens is 1. The van der Waals surface area contributed by atoms with Crippen molar-refractivity contribution in [3.8, 4) is 0 Å². The molecule has 0 atom stereocenters. The fourth-order valence-electron chi connectivity index (χ4n) is 3.04. The SMILES string of the molecule is CN(C)S(=O)(=O)N1CCC(C(=O)Nc2ccc3c(c2)sc(=O)n3C)CC1. The lowest BCUT2D eigenvalue weighted by atomic mass is 9.97. The zero-order valence-corrected chi connectivity index (χ0v) is 16.6. The Bertz CT molecular complexity index is 985. The fraction of sp³-hybridized carbons (Fsp3) is 0.500. The van der Waals surface area contributed by atoms with Crippen LogP contribution in [-0.4, -0.2) is 54.7 Å². The van der Waals surface area contributed by atoms with Gasteiger partial charge < -0.3 is 9.88 Å². The van der Waals surface area contributed by atoms with E-state index in [0.717, 1.165) is 21.6 Å². The number of amides is 1. The lowest BCUT2D eigenvalue weighted by molar-refractivity contribution is -0.120. The molecule has 1 amide bonds. The number of aryl methyl sites for hydroxylation is 1. The van der Waals surface area contributed by atoms with Gasteiger partial charge in [-0.05, 0) is 31.0 Å². The Morgan fingerprint density at radius 2 is 1.92 bits per heavy atom. The lowest BCUT2D eigenvalue weighted by Crippen LogP contribution is -2.46. The number of carbonyl (C=O) groups is 1. The first-order valence-corrected chi connectivity index (χ1v) is 10.5. The van der Waals surface area contributed by atoms with Crippen molar-refractivity contribution in [2.45, 2.75) is 12.8 Å². The molecular formula is C16H22N4O4S2. The highest BCUT2D eigenvalue weighted by Crippen LogP contribution is 2.24.